The Balaban J connectivity index is 1.46. The second kappa shape index (κ2) is 10.2. The molecular formula is C30H26ClN3O6. The molecule has 5 aromatic rings. The van der Waals surface area contributed by atoms with Gasteiger partial charge in [-0.2, -0.15) is 0 Å². The number of benzene rings is 3. The normalized spacial score (nSPS) is 14.5. The predicted molar refractivity (Wildman–Crippen MR) is 152 cm³/mol. The van der Waals surface area contributed by atoms with Crippen LogP contribution in [0, 0.1) is 0 Å². The molecule has 0 aliphatic carbocycles. The molecule has 1 amide bonds. The Morgan fingerprint density at radius 2 is 1.82 bits per heavy atom. The second-order valence-corrected chi connectivity index (χ2v) is 9.91. The zero-order valence-corrected chi connectivity index (χ0v) is 22.5. The number of anilines is 1. The lowest BCUT2D eigenvalue weighted by Crippen LogP contribution is -2.30. The van der Waals surface area contributed by atoms with Gasteiger partial charge in [0.2, 0.25) is 0 Å². The van der Waals surface area contributed by atoms with Gasteiger partial charge in [-0.25, -0.2) is 4.79 Å². The Hall–Kier alpha value is -4.63. The van der Waals surface area contributed by atoms with Gasteiger partial charge in [0.15, 0.2) is 11.5 Å². The number of nitrogens with zero attached hydrogens (tertiary/aromatic N) is 1. The molecule has 0 bridgehead atoms. The summed E-state index contributed by atoms with van der Waals surface area (Å²) in [6, 6.07) is 18.2. The third-order valence-corrected chi connectivity index (χ3v) is 7.60. The summed E-state index contributed by atoms with van der Waals surface area (Å²) < 4.78 is 16.4. The number of hydrogen-bond acceptors (Lipinski definition) is 6. The van der Waals surface area contributed by atoms with Gasteiger partial charge in [-0.3, -0.25) is 4.79 Å². The van der Waals surface area contributed by atoms with Crippen LogP contribution in [0.5, 0.6) is 17.2 Å². The minimum atomic E-state index is -0.510. The number of nitrogens with one attached hydrogen (secondary N) is 2. The van der Waals surface area contributed by atoms with Crippen LogP contribution < -0.4 is 14.4 Å². The van der Waals surface area contributed by atoms with E-state index in [2.05, 4.69) is 9.97 Å². The molecule has 0 fully saturated rings. The van der Waals surface area contributed by atoms with E-state index in [1.165, 1.54) is 14.2 Å². The highest BCUT2D eigenvalue weighted by Crippen LogP contribution is 2.46. The number of rotatable bonds is 7. The third-order valence-electron chi connectivity index (χ3n) is 7.22. The minimum absolute atomic E-state index is 0.0156. The fourth-order valence-corrected chi connectivity index (χ4v) is 5.55. The van der Waals surface area contributed by atoms with Crippen molar-refractivity contribution in [2.45, 2.75) is 12.5 Å². The Morgan fingerprint density at radius 1 is 1.02 bits per heavy atom. The molecule has 3 N–H and O–H groups in total. The summed E-state index contributed by atoms with van der Waals surface area (Å²) in [5.41, 5.74) is 4.39. The molecule has 1 aliphatic rings. The lowest BCUT2D eigenvalue weighted by molar-refractivity contribution is 0.0595. The summed E-state index contributed by atoms with van der Waals surface area (Å²) in [5, 5.41) is 11.6. The van der Waals surface area contributed by atoms with Crippen LogP contribution in [0.2, 0.25) is 0 Å². The van der Waals surface area contributed by atoms with Gasteiger partial charge in [-0.05, 0) is 29.3 Å². The number of aromatic hydroxyl groups is 1. The van der Waals surface area contributed by atoms with E-state index >= 15 is 0 Å². The predicted octanol–water partition coefficient (Wildman–Crippen LogP) is 5.71. The Kier molecular flexibility index (Phi) is 6.51. The van der Waals surface area contributed by atoms with Gasteiger partial charge in [0.25, 0.3) is 5.91 Å². The molecule has 40 heavy (non-hydrogen) atoms. The topological polar surface area (TPSA) is 117 Å². The van der Waals surface area contributed by atoms with Crippen molar-refractivity contribution in [3.05, 3.63) is 83.2 Å². The summed E-state index contributed by atoms with van der Waals surface area (Å²) in [6.07, 6.45) is 0. The zero-order chi connectivity index (χ0) is 28.0. The van der Waals surface area contributed by atoms with E-state index in [4.69, 9.17) is 25.8 Å². The third kappa shape index (κ3) is 4.28. The first-order valence-electron chi connectivity index (χ1n) is 12.6. The Bertz CT molecular complexity index is 1760. The quantitative estimate of drug-likeness (QED) is 0.174. The molecule has 0 saturated carbocycles. The summed E-state index contributed by atoms with van der Waals surface area (Å²) in [5.74, 6) is 0.0988. The molecule has 0 radical (unpaired) electrons. The van der Waals surface area contributed by atoms with Crippen LogP contribution in [0.3, 0.4) is 0 Å². The van der Waals surface area contributed by atoms with Crippen LogP contribution in [-0.2, 0) is 11.3 Å². The van der Waals surface area contributed by atoms with E-state index in [0.717, 1.165) is 16.5 Å². The molecule has 1 aliphatic heterocycles. The molecule has 1 atom stereocenters. The van der Waals surface area contributed by atoms with E-state index in [1.54, 1.807) is 29.2 Å². The number of methoxy groups -OCH3 is 2. The number of carbonyl (C=O) groups is 2. The van der Waals surface area contributed by atoms with Gasteiger partial charge in [-0.15, -0.1) is 11.6 Å². The number of phenols is 1. The first-order chi connectivity index (χ1) is 19.4. The fraction of sp³-hybridized carbons (Fsp3) is 0.200. The summed E-state index contributed by atoms with van der Waals surface area (Å²) in [4.78, 5) is 34.3. The molecular weight excluding hydrogens is 534 g/mol. The first kappa shape index (κ1) is 25.6. The lowest BCUT2D eigenvalue weighted by Gasteiger charge is -2.18. The molecule has 3 heterocycles. The molecule has 0 saturated heterocycles. The molecule has 0 spiro atoms. The van der Waals surface area contributed by atoms with Crippen LogP contribution in [-0.4, -0.2) is 53.6 Å². The van der Waals surface area contributed by atoms with Crippen molar-refractivity contribution in [3.63, 3.8) is 0 Å². The molecule has 204 valence electrons. The Morgan fingerprint density at radius 3 is 2.55 bits per heavy atom. The van der Waals surface area contributed by atoms with Gasteiger partial charge >= 0.3 is 5.97 Å². The minimum Gasteiger partial charge on any atom is -0.504 e. The molecule has 6 rings (SSSR count). The van der Waals surface area contributed by atoms with Crippen LogP contribution in [0.1, 0.15) is 38.0 Å². The summed E-state index contributed by atoms with van der Waals surface area (Å²) in [7, 11) is 2.79. The van der Waals surface area contributed by atoms with Crippen LogP contribution in [0.15, 0.2) is 60.7 Å². The average Bonchev–Trinajstić information content (AvgIpc) is 3.70. The Labute approximate surface area is 234 Å². The largest absolute Gasteiger partial charge is 0.504 e. The van der Waals surface area contributed by atoms with Crippen molar-refractivity contribution in [1.82, 2.24) is 9.97 Å². The van der Waals surface area contributed by atoms with Crippen molar-refractivity contribution in [1.29, 1.82) is 0 Å². The van der Waals surface area contributed by atoms with Crippen LogP contribution in [0.25, 0.3) is 21.8 Å². The first-order valence-corrected chi connectivity index (χ1v) is 13.2. The number of alkyl halides is 1. The van der Waals surface area contributed by atoms with Gasteiger partial charge in [0.05, 0.1) is 25.4 Å². The molecule has 0 unspecified atom stereocenters. The van der Waals surface area contributed by atoms with E-state index in [-0.39, 0.29) is 29.1 Å². The van der Waals surface area contributed by atoms with Crippen molar-refractivity contribution >= 4 is 51.0 Å². The molecule has 2 aromatic heterocycles. The number of H-pyrrole nitrogens is 2. The van der Waals surface area contributed by atoms with Gasteiger partial charge < -0.3 is 34.2 Å². The monoisotopic (exact) mass is 559 g/mol. The van der Waals surface area contributed by atoms with Gasteiger partial charge in [-0.1, -0.05) is 30.3 Å². The smallest absolute Gasteiger partial charge is 0.354 e. The van der Waals surface area contributed by atoms with Gasteiger partial charge in [0.1, 0.15) is 23.7 Å². The van der Waals surface area contributed by atoms with E-state index < -0.39 is 5.97 Å². The lowest BCUT2D eigenvalue weighted by atomic mass is 9.98. The van der Waals surface area contributed by atoms with Crippen molar-refractivity contribution in [2.75, 3.05) is 31.5 Å². The maximum Gasteiger partial charge on any atom is 0.354 e. The number of amides is 1. The molecule has 10 heteroatoms. The summed E-state index contributed by atoms with van der Waals surface area (Å²) in [6.45, 7) is 0.638. The van der Waals surface area contributed by atoms with E-state index in [9.17, 15) is 14.7 Å². The van der Waals surface area contributed by atoms with Crippen LogP contribution in [0.4, 0.5) is 5.69 Å². The van der Waals surface area contributed by atoms with Crippen molar-refractivity contribution in [3.8, 4) is 17.2 Å². The van der Waals surface area contributed by atoms with Crippen LogP contribution >= 0.6 is 11.6 Å². The second-order valence-electron chi connectivity index (χ2n) is 9.61. The van der Waals surface area contributed by atoms with E-state index in [0.29, 0.717) is 52.5 Å². The highest BCUT2D eigenvalue weighted by atomic mass is 35.5. The van der Waals surface area contributed by atoms with Gasteiger partial charge in [0, 0.05) is 46.8 Å². The average molecular weight is 560 g/mol. The molecule has 3 aromatic carbocycles. The highest BCUT2D eigenvalue weighted by molar-refractivity contribution is 6.19. The maximum absolute atomic E-state index is 13.9. The van der Waals surface area contributed by atoms with Crippen molar-refractivity contribution in [2.24, 2.45) is 0 Å². The number of hydrogen-bond donors (Lipinski definition) is 3. The number of carbonyl (C=O) groups excluding carboxylic acids is 2. The maximum atomic E-state index is 13.9. The number of esters is 1. The number of aromatic nitrogens is 2. The van der Waals surface area contributed by atoms with E-state index in [1.807, 2.05) is 36.4 Å². The number of phenolic OH excluding ortho intramolecular Hbond substituents is 1. The van der Waals surface area contributed by atoms with Crippen molar-refractivity contribution < 1.29 is 28.9 Å². The fourth-order valence-electron chi connectivity index (χ4n) is 5.30. The zero-order valence-electron chi connectivity index (χ0n) is 21.8. The number of ether oxygens (including phenoxy) is 3. The summed E-state index contributed by atoms with van der Waals surface area (Å²) >= 11 is 6.42. The number of halogens is 1. The number of aromatic amines is 2. The SMILES string of the molecule is COC(=O)c1cc2c3c(cc(OCc4ccccc4)c2[nH]1)N(C(=O)c1cc2cc(O)c(OC)cc2[nH]1)C[C@H]3CCl. The standard InChI is InChI=1S/C30H26ClN3O6/c1-38-25-11-20-17(9-24(25)35)8-21(32-20)29(36)34-14-18(13-31)27-19-10-22(30(37)39-2)33-28(19)26(12-23(27)34)40-15-16-6-4-3-5-7-16/h3-12,18,32-33,35H,13-15H2,1-2H3/t18-/m1/s1. The number of fused-ring (bicyclic) bond motifs is 4. The molecule has 9 nitrogen and oxygen atoms in total. The highest BCUT2D eigenvalue weighted by Gasteiger charge is 2.36.